The Balaban J connectivity index is 1.43. The normalized spacial score (nSPS) is 11.4. The lowest BCUT2D eigenvalue weighted by Crippen LogP contribution is -2.58. The van der Waals surface area contributed by atoms with Crippen LogP contribution in [0, 0.1) is 0 Å². The summed E-state index contributed by atoms with van der Waals surface area (Å²) < 4.78 is 21.7. The second-order valence-electron chi connectivity index (χ2n) is 10.2. The highest BCUT2D eigenvalue weighted by Crippen LogP contribution is 2.07. The highest BCUT2D eigenvalue weighted by atomic mass is 28.5. The molecule has 0 N–H and O–H groups in total. The Bertz CT molecular complexity index is 1330. The molecule has 6 aromatic carbocycles. The van der Waals surface area contributed by atoms with Crippen molar-refractivity contribution in [2.75, 3.05) is 0 Å². The molecule has 0 saturated heterocycles. The van der Waals surface area contributed by atoms with Crippen LogP contribution in [0.1, 0.15) is 0 Å². The third-order valence-electron chi connectivity index (χ3n) is 7.26. The van der Waals surface area contributed by atoms with Crippen LogP contribution in [0.4, 0.5) is 0 Å². The van der Waals surface area contributed by atoms with Gasteiger partial charge < -0.3 is 12.3 Å². The first kappa shape index (κ1) is 29.2. The first-order valence-corrected chi connectivity index (χ1v) is 20.6. The van der Waals surface area contributed by atoms with Gasteiger partial charge in [-0.3, -0.25) is 0 Å². The average Bonchev–Trinajstić information content (AvgIpc) is 3.10. The minimum Gasteiger partial charge on any atom is -0.408 e. The van der Waals surface area contributed by atoms with Crippen molar-refractivity contribution in [2.24, 2.45) is 0 Å². The molecule has 211 valence electrons. The molecule has 0 spiro atoms. The largest absolute Gasteiger partial charge is 0.545 e. The Morgan fingerprint density at radius 1 is 0.256 bits per heavy atom. The van der Waals surface area contributed by atoms with E-state index in [1.807, 2.05) is 0 Å². The van der Waals surface area contributed by atoms with Gasteiger partial charge in [-0.05, 0) is 31.1 Å². The zero-order valence-corrected chi connectivity index (χ0v) is 28.2. The fourth-order valence-corrected chi connectivity index (χ4v) is 17.5. The zero-order chi connectivity index (χ0) is 29.1. The van der Waals surface area contributed by atoms with E-state index in [0.29, 0.717) is 0 Å². The molecule has 0 aliphatic carbocycles. The van der Waals surface area contributed by atoms with Gasteiger partial charge in [0.05, 0.1) is 0 Å². The predicted molar refractivity (Wildman–Crippen MR) is 187 cm³/mol. The van der Waals surface area contributed by atoms with Gasteiger partial charge in [-0.15, -0.1) is 0 Å². The van der Waals surface area contributed by atoms with E-state index in [2.05, 4.69) is 182 Å². The summed E-state index contributed by atoms with van der Waals surface area (Å²) in [5, 5.41) is 7.24. The van der Waals surface area contributed by atoms with E-state index in [-0.39, 0.29) is 0 Å². The molecule has 0 amide bonds. The third-order valence-corrected chi connectivity index (χ3v) is 18.3. The van der Waals surface area contributed by atoms with Gasteiger partial charge in [0.25, 0.3) is 0 Å². The Morgan fingerprint density at radius 2 is 0.419 bits per heavy atom. The van der Waals surface area contributed by atoms with E-state index >= 15 is 0 Å². The van der Waals surface area contributed by atoms with Gasteiger partial charge in [-0.2, -0.15) is 0 Å². The van der Waals surface area contributed by atoms with Crippen molar-refractivity contribution in [3.05, 3.63) is 182 Å². The lowest BCUT2D eigenvalue weighted by molar-refractivity contribution is 0.326. The van der Waals surface area contributed by atoms with Gasteiger partial charge in [-0.25, -0.2) is 0 Å². The van der Waals surface area contributed by atoms with E-state index in [0.717, 1.165) is 0 Å². The lowest BCUT2D eigenvalue weighted by Gasteiger charge is -2.29. The monoisotopic (exact) mass is 625 g/mol. The van der Waals surface area contributed by atoms with Crippen LogP contribution in [-0.2, 0) is 12.3 Å². The second kappa shape index (κ2) is 15.0. The Labute approximate surface area is 261 Å². The summed E-state index contributed by atoms with van der Waals surface area (Å²) in [5.41, 5.74) is 0. The summed E-state index contributed by atoms with van der Waals surface area (Å²) in [5.74, 6) is 0. The van der Waals surface area contributed by atoms with Crippen molar-refractivity contribution < 1.29 is 12.3 Å². The summed E-state index contributed by atoms with van der Waals surface area (Å²) in [4.78, 5) is 0. The third kappa shape index (κ3) is 7.72. The number of rotatable bonds is 12. The van der Waals surface area contributed by atoms with Crippen LogP contribution in [0.25, 0.3) is 0 Å². The van der Waals surface area contributed by atoms with E-state index in [4.69, 9.17) is 12.3 Å². The van der Waals surface area contributed by atoms with E-state index in [1.54, 1.807) is 0 Å². The van der Waals surface area contributed by atoms with Crippen molar-refractivity contribution in [3.63, 3.8) is 0 Å². The minimum atomic E-state index is -2.24. The maximum atomic E-state index is 7.24. The molecular weight excluding hydrogens is 593 g/mol. The molecule has 3 nitrogen and oxygen atoms in total. The van der Waals surface area contributed by atoms with Crippen molar-refractivity contribution in [1.29, 1.82) is 0 Å². The summed E-state index contributed by atoms with van der Waals surface area (Å²) >= 11 is 0. The highest BCUT2D eigenvalue weighted by Gasteiger charge is 2.35. The van der Waals surface area contributed by atoms with Crippen LogP contribution in [0.5, 0.6) is 0 Å². The van der Waals surface area contributed by atoms with Crippen molar-refractivity contribution in [1.82, 2.24) is 0 Å². The van der Waals surface area contributed by atoms with Crippen LogP contribution in [-0.4, -0.2) is 36.6 Å². The van der Waals surface area contributed by atoms with Gasteiger partial charge in [-0.1, -0.05) is 182 Å². The van der Waals surface area contributed by atoms with Gasteiger partial charge >= 0.3 is 9.53 Å². The molecule has 1 radical (unpaired) electrons. The Kier molecular flexibility index (Phi) is 10.2. The molecule has 0 heterocycles. The topological polar surface area (TPSA) is 27.7 Å². The maximum absolute atomic E-state index is 7.24. The first-order valence-electron chi connectivity index (χ1n) is 14.5. The van der Waals surface area contributed by atoms with Crippen molar-refractivity contribution in [3.8, 4) is 0 Å². The predicted octanol–water partition coefficient (Wildman–Crippen LogP) is 2.64. The smallest absolute Gasteiger partial charge is 0.408 e. The molecule has 0 aliphatic heterocycles. The minimum absolute atomic E-state index is 1.21. The van der Waals surface area contributed by atoms with Gasteiger partial charge in [0.15, 0.2) is 0 Å². The summed E-state index contributed by atoms with van der Waals surface area (Å²) in [6.45, 7) is 0. The molecule has 43 heavy (non-hydrogen) atoms. The van der Waals surface area contributed by atoms with Gasteiger partial charge in [0, 0.05) is 0 Å². The van der Waals surface area contributed by atoms with Crippen LogP contribution in [0.15, 0.2) is 182 Å². The molecule has 0 saturated carbocycles. The van der Waals surface area contributed by atoms with Crippen molar-refractivity contribution >= 4 is 67.8 Å². The molecule has 6 rings (SSSR count). The Hall–Kier alpha value is -3.93. The van der Waals surface area contributed by atoms with Crippen LogP contribution in [0.3, 0.4) is 0 Å². The van der Waals surface area contributed by atoms with Gasteiger partial charge in [0.1, 0.15) is 0 Å². The van der Waals surface area contributed by atoms with Crippen molar-refractivity contribution in [2.45, 2.75) is 0 Å². The fourth-order valence-electron chi connectivity index (χ4n) is 5.12. The molecule has 0 atom stereocenters. The average molecular weight is 626 g/mol. The maximum Gasteiger partial charge on any atom is 0.545 e. The van der Waals surface area contributed by atoms with Crippen LogP contribution < -0.4 is 31.1 Å². The fraction of sp³-hybridized carbons (Fsp3) is 0. The Morgan fingerprint density at radius 3 is 0.581 bits per heavy atom. The van der Waals surface area contributed by atoms with Crippen LogP contribution in [0.2, 0.25) is 0 Å². The van der Waals surface area contributed by atoms with E-state index in [1.165, 1.54) is 31.1 Å². The summed E-state index contributed by atoms with van der Waals surface area (Å²) in [7, 11) is -8.72. The lowest BCUT2D eigenvalue weighted by atomic mass is 10.4. The highest BCUT2D eigenvalue weighted by molar-refractivity contribution is 6.90. The van der Waals surface area contributed by atoms with E-state index < -0.39 is 36.6 Å². The number of hydrogen-bond donors (Lipinski definition) is 0. The standard InChI is InChI=1S/C36H33O3Si4/c1-7-19-31(20-8-1)40(32-21-9-2-10-22-32)37-43(38-41(33-23-11-3-12-24-33)34-25-13-4-14-26-34)39-42(35-27-15-5-16-28-35)36-29-17-6-18-30-36/h1-30,40-42H. The van der Waals surface area contributed by atoms with Crippen LogP contribution >= 0.6 is 0 Å². The summed E-state index contributed by atoms with van der Waals surface area (Å²) in [6.07, 6.45) is 0. The molecule has 0 aliphatic rings. The first-order chi connectivity index (χ1) is 21.3. The SMILES string of the molecule is c1ccc([SiH](O[Si](O[SiH](c2ccccc2)c2ccccc2)O[SiH](c2ccccc2)c2ccccc2)c2ccccc2)cc1. The molecule has 0 fully saturated rings. The molecule has 0 bridgehead atoms. The molecule has 0 unspecified atom stereocenters. The molecule has 0 aromatic heterocycles. The second-order valence-corrected chi connectivity index (χ2v) is 19.8. The number of hydrogen-bond acceptors (Lipinski definition) is 3. The zero-order valence-electron chi connectivity index (χ0n) is 23.8. The van der Waals surface area contributed by atoms with Gasteiger partial charge in [0.2, 0.25) is 27.1 Å². The molecular formula is C36H33O3Si4. The molecule has 7 heteroatoms. The van der Waals surface area contributed by atoms with E-state index in [9.17, 15) is 0 Å². The summed E-state index contributed by atoms with van der Waals surface area (Å²) in [6, 6.07) is 63.5. The quantitative estimate of drug-likeness (QED) is 0.196. The molecule has 6 aromatic rings. The number of benzene rings is 6.